The first kappa shape index (κ1) is 12.1. The van der Waals surface area contributed by atoms with Crippen LogP contribution in [-0.2, 0) is 0 Å². The van der Waals surface area contributed by atoms with Crippen molar-refractivity contribution in [1.82, 2.24) is 0 Å². The smallest absolute Gasteiger partial charge is 0.194 e. The summed E-state index contributed by atoms with van der Waals surface area (Å²) in [6.45, 7) is 3.97. The highest BCUT2D eigenvalue weighted by Gasteiger charge is 2.15. The molecule has 0 saturated heterocycles. The van der Waals surface area contributed by atoms with Crippen LogP contribution in [0.1, 0.15) is 44.6 Å². The minimum atomic E-state index is -1.38. The topological polar surface area (TPSA) is 0 Å². The van der Waals surface area contributed by atoms with Crippen molar-refractivity contribution in [2.75, 3.05) is 0 Å². The van der Waals surface area contributed by atoms with E-state index in [0.717, 1.165) is 31.4 Å². The summed E-state index contributed by atoms with van der Waals surface area (Å²) >= 11 is 0. The fourth-order valence-corrected chi connectivity index (χ4v) is 1.77. The van der Waals surface area contributed by atoms with Gasteiger partial charge in [0.05, 0.1) is 0 Å². The molecule has 0 N–H and O–H groups in total. The van der Waals surface area contributed by atoms with Gasteiger partial charge in [0.15, 0.2) is 17.5 Å². The molecule has 0 aliphatic carbocycles. The van der Waals surface area contributed by atoms with Crippen LogP contribution in [0, 0.1) is 17.5 Å². The predicted octanol–water partition coefficient (Wildman–Crippen LogP) is 4.40. The first-order valence-corrected chi connectivity index (χ1v) is 5.24. The quantitative estimate of drug-likeness (QED) is 0.654. The number of hydrogen-bond acceptors (Lipinski definition) is 0. The van der Waals surface area contributed by atoms with Crippen molar-refractivity contribution in [2.24, 2.45) is 0 Å². The SMILES string of the molecule is CCCC(CC)c1cc(F)c(F)c(F)c1. The van der Waals surface area contributed by atoms with Crippen molar-refractivity contribution in [2.45, 2.75) is 39.0 Å². The van der Waals surface area contributed by atoms with Gasteiger partial charge in [-0.25, -0.2) is 13.2 Å². The largest absolute Gasteiger partial charge is 0.204 e. The molecule has 0 amide bonds. The molecule has 1 aromatic rings. The monoisotopic (exact) mass is 216 g/mol. The third-order valence-electron chi connectivity index (χ3n) is 2.61. The van der Waals surface area contributed by atoms with E-state index in [0.29, 0.717) is 5.56 Å². The molecule has 0 bridgehead atoms. The lowest BCUT2D eigenvalue weighted by molar-refractivity contribution is 0.441. The maximum atomic E-state index is 13.0. The zero-order chi connectivity index (χ0) is 11.4. The van der Waals surface area contributed by atoms with Crippen LogP contribution in [-0.4, -0.2) is 0 Å². The van der Waals surface area contributed by atoms with E-state index >= 15 is 0 Å². The maximum Gasteiger partial charge on any atom is 0.194 e. The summed E-state index contributed by atoms with van der Waals surface area (Å²) in [7, 11) is 0. The van der Waals surface area contributed by atoms with Gasteiger partial charge in [-0.3, -0.25) is 0 Å². The van der Waals surface area contributed by atoms with Crippen LogP contribution >= 0.6 is 0 Å². The van der Waals surface area contributed by atoms with Crippen molar-refractivity contribution in [1.29, 1.82) is 0 Å². The van der Waals surface area contributed by atoms with Gasteiger partial charge >= 0.3 is 0 Å². The van der Waals surface area contributed by atoms with Crippen LogP contribution < -0.4 is 0 Å². The van der Waals surface area contributed by atoms with Gasteiger partial charge in [-0.05, 0) is 36.5 Å². The first-order valence-electron chi connectivity index (χ1n) is 5.24. The molecule has 3 heteroatoms. The summed E-state index contributed by atoms with van der Waals surface area (Å²) in [6, 6.07) is 2.20. The zero-order valence-corrected chi connectivity index (χ0v) is 8.99. The molecule has 0 radical (unpaired) electrons. The Balaban J connectivity index is 3.03. The molecule has 0 aliphatic rings. The summed E-state index contributed by atoms with van der Waals surface area (Å²) in [6.07, 6.45) is 2.61. The Labute approximate surface area is 88.1 Å². The van der Waals surface area contributed by atoms with Crippen LogP contribution in [0.15, 0.2) is 12.1 Å². The van der Waals surface area contributed by atoms with Crippen LogP contribution in [0.3, 0.4) is 0 Å². The van der Waals surface area contributed by atoms with Crippen LogP contribution in [0.2, 0.25) is 0 Å². The van der Waals surface area contributed by atoms with Crippen LogP contribution in [0.25, 0.3) is 0 Å². The number of rotatable bonds is 4. The van der Waals surface area contributed by atoms with Gasteiger partial charge in [0, 0.05) is 0 Å². The van der Waals surface area contributed by atoms with E-state index in [4.69, 9.17) is 0 Å². The van der Waals surface area contributed by atoms with Crippen molar-refractivity contribution in [3.05, 3.63) is 35.1 Å². The molecule has 84 valence electrons. The predicted molar refractivity (Wildman–Crippen MR) is 54.3 cm³/mol. The summed E-state index contributed by atoms with van der Waals surface area (Å²) in [4.78, 5) is 0. The molecule has 0 fully saturated rings. The normalized spacial score (nSPS) is 12.9. The first-order chi connectivity index (χ1) is 7.10. The van der Waals surface area contributed by atoms with E-state index in [2.05, 4.69) is 0 Å². The van der Waals surface area contributed by atoms with Crippen molar-refractivity contribution in [3.8, 4) is 0 Å². The van der Waals surface area contributed by atoms with Gasteiger partial charge in [0.1, 0.15) is 0 Å². The lowest BCUT2D eigenvalue weighted by Gasteiger charge is -2.14. The van der Waals surface area contributed by atoms with E-state index in [-0.39, 0.29) is 5.92 Å². The molecule has 0 aliphatic heterocycles. The molecular weight excluding hydrogens is 201 g/mol. The average Bonchev–Trinajstić information content (AvgIpc) is 2.22. The van der Waals surface area contributed by atoms with Gasteiger partial charge < -0.3 is 0 Å². The maximum absolute atomic E-state index is 13.0. The van der Waals surface area contributed by atoms with E-state index in [9.17, 15) is 13.2 Å². The van der Waals surface area contributed by atoms with Crippen LogP contribution in [0.4, 0.5) is 13.2 Å². The molecule has 0 spiro atoms. The van der Waals surface area contributed by atoms with Gasteiger partial charge in [-0.15, -0.1) is 0 Å². The van der Waals surface area contributed by atoms with Crippen molar-refractivity contribution >= 4 is 0 Å². The lowest BCUT2D eigenvalue weighted by atomic mass is 9.92. The standard InChI is InChI=1S/C12H15F3/c1-3-5-8(4-2)9-6-10(13)12(15)11(14)7-9/h6-8H,3-5H2,1-2H3. The van der Waals surface area contributed by atoms with Gasteiger partial charge in [0.25, 0.3) is 0 Å². The Morgan fingerprint density at radius 3 is 2.00 bits per heavy atom. The second-order valence-electron chi connectivity index (χ2n) is 3.69. The van der Waals surface area contributed by atoms with E-state index in [1.807, 2.05) is 13.8 Å². The molecule has 0 nitrogen and oxygen atoms in total. The minimum Gasteiger partial charge on any atom is -0.204 e. The highest BCUT2D eigenvalue weighted by Crippen LogP contribution is 2.27. The molecule has 1 unspecified atom stereocenters. The fraction of sp³-hybridized carbons (Fsp3) is 0.500. The Kier molecular flexibility index (Phi) is 4.18. The van der Waals surface area contributed by atoms with Crippen molar-refractivity contribution in [3.63, 3.8) is 0 Å². The Hall–Kier alpha value is -0.990. The third-order valence-corrected chi connectivity index (χ3v) is 2.61. The number of halogens is 3. The minimum absolute atomic E-state index is 0.111. The van der Waals surface area contributed by atoms with Crippen molar-refractivity contribution < 1.29 is 13.2 Å². The molecular formula is C12H15F3. The number of hydrogen-bond donors (Lipinski definition) is 0. The molecule has 0 aromatic heterocycles. The summed E-state index contributed by atoms with van der Waals surface area (Å²) in [5.74, 6) is -3.47. The highest BCUT2D eigenvalue weighted by atomic mass is 19.2. The molecule has 15 heavy (non-hydrogen) atoms. The van der Waals surface area contributed by atoms with Gasteiger partial charge in [0.2, 0.25) is 0 Å². The van der Waals surface area contributed by atoms with E-state index < -0.39 is 17.5 Å². The Bertz CT molecular complexity index is 311. The lowest BCUT2D eigenvalue weighted by Crippen LogP contribution is -2.01. The average molecular weight is 216 g/mol. The van der Waals surface area contributed by atoms with E-state index in [1.54, 1.807) is 0 Å². The molecule has 1 atom stereocenters. The summed E-state index contributed by atoms with van der Waals surface area (Å²) in [5, 5.41) is 0. The second-order valence-corrected chi connectivity index (χ2v) is 3.69. The Morgan fingerprint density at radius 2 is 1.60 bits per heavy atom. The summed E-state index contributed by atoms with van der Waals surface area (Å²) in [5.41, 5.74) is 0.552. The molecule has 0 saturated carbocycles. The fourth-order valence-electron chi connectivity index (χ4n) is 1.77. The van der Waals surface area contributed by atoms with Gasteiger partial charge in [-0.1, -0.05) is 20.3 Å². The second kappa shape index (κ2) is 5.19. The third kappa shape index (κ3) is 2.74. The highest BCUT2D eigenvalue weighted by molar-refractivity contribution is 5.23. The zero-order valence-electron chi connectivity index (χ0n) is 8.99. The molecule has 0 heterocycles. The van der Waals surface area contributed by atoms with E-state index in [1.165, 1.54) is 0 Å². The summed E-state index contributed by atoms with van der Waals surface area (Å²) < 4.78 is 38.6. The van der Waals surface area contributed by atoms with Gasteiger partial charge in [-0.2, -0.15) is 0 Å². The molecule has 1 rings (SSSR count). The van der Waals surface area contributed by atoms with Crippen LogP contribution in [0.5, 0.6) is 0 Å². The molecule has 1 aromatic carbocycles. The Morgan fingerprint density at radius 1 is 1.07 bits per heavy atom. The number of benzene rings is 1.